The van der Waals surface area contributed by atoms with Gasteiger partial charge in [0, 0.05) is 0 Å². The Morgan fingerprint density at radius 3 is 2.06 bits per heavy atom. The summed E-state index contributed by atoms with van der Waals surface area (Å²) >= 11 is -3.23. The summed E-state index contributed by atoms with van der Waals surface area (Å²) in [6.45, 7) is 4.50. The molecule has 1 unspecified atom stereocenters. The first-order valence-corrected chi connectivity index (χ1v) is 9.39. The van der Waals surface area contributed by atoms with E-state index in [2.05, 4.69) is 13.8 Å². The molecule has 0 amide bonds. The van der Waals surface area contributed by atoms with E-state index in [0.717, 1.165) is 0 Å². The Bertz CT molecular complexity index is 386. The summed E-state index contributed by atoms with van der Waals surface area (Å²) in [5, 5.41) is 0. The van der Waals surface area contributed by atoms with Crippen LogP contribution in [0.3, 0.4) is 0 Å². The molecule has 0 saturated heterocycles. The standard InChI is InChI=1S/C11H15.3CH3O.Ti/c1-8-7-9(2)11-6-4-3-5-10(8)11;3*1-2;/h8H,3-6H2,1-2H3;3*1H3;/q;3*-1;+3. The third-order valence-electron chi connectivity index (χ3n) is 4.46. The second-order valence-electron chi connectivity index (χ2n) is 5.14. The van der Waals surface area contributed by atoms with Crippen LogP contribution in [0.2, 0.25) is 0 Å². The van der Waals surface area contributed by atoms with E-state index >= 15 is 0 Å². The first kappa shape index (κ1) is 14.5. The fourth-order valence-electron chi connectivity index (χ4n) is 3.57. The van der Waals surface area contributed by atoms with Crippen molar-refractivity contribution in [3.63, 3.8) is 0 Å². The molecule has 0 heterocycles. The third kappa shape index (κ3) is 2.06. The quantitative estimate of drug-likeness (QED) is 0.739. The van der Waals surface area contributed by atoms with Crippen LogP contribution >= 0.6 is 0 Å². The van der Waals surface area contributed by atoms with Crippen LogP contribution in [0.5, 0.6) is 0 Å². The van der Waals surface area contributed by atoms with Gasteiger partial charge in [-0.2, -0.15) is 0 Å². The van der Waals surface area contributed by atoms with Gasteiger partial charge in [-0.25, -0.2) is 0 Å². The van der Waals surface area contributed by atoms with E-state index in [0.29, 0.717) is 5.92 Å². The monoisotopic (exact) mass is 288 g/mol. The molecule has 1 atom stereocenters. The second kappa shape index (κ2) is 5.60. The van der Waals surface area contributed by atoms with Crippen LogP contribution < -0.4 is 0 Å². The van der Waals surface area contributed by atoms with Gasteiger partial charge in [0.05, 0.1) is 0 Å². The molecule has 0 saturated carbocycles. The van der Waals surface area contributed by atoms with Crippen LogP contribution in [-0.4, -0.2) is 21.3 Å². The van der Waals surface area contributed by atoms with Crippen molar-refractivity contribution in [2.45, 2.75) is 39.5 Å². The van der Waals surface area contributed by atoms with Crippen LogP contribution in [0.25, 0.3) is 0 Å². The molecule has 2 aliphatic rings. The molecule has 0 aromatic rings. The van der Waals surface area contributed by atoms with Gasteiger partial charge in [-0.3, -0.25) is 0 Å². The Labute approximate surface area is 115 Å². The summed E-state index contributed by atoms with van der Waals surface area (Å²) < 4.78 is 18.5. The normalized spacial score (nSPS) is 24.8. The van der Waals surface area contributed by atoms with Crippen LogP contribution in [0.4, 0.5) is 0 Å². The first-order chi connectivity index (χ1) is 8.61. The van der Waals surface area contributed by atoms with E-state index in [1.165, 1.54) is 35.1 Å². The van der Waals surface area contributed by atoms with Crippen molar-refractivity contribution in [1.82, 2.24) is 0 Å². The molecule has 0 aliphatic heterocycles. The summed E-state index contributed by atoms with van der Waals surface area (Å²) in [5.41, 5.74) is 4.56. The van der Waals surface area contributed by atoms with Gasteiger partial charge in [0.1, 0.15) is 0 Å². The predicted octanol–water partition coefficient (Wildman–Crippen LogP) is 3.62. The van der Waals surface area contributed by atoms with E-state index in [4.69, 9.17) is 9.96 Å². The van der Waals surface area contributed by atoms with Crippen molar-refractivity contribution in [2.75, 3.05) is 21.3 Å². The Balaban J connectivity index is 2.43. The molecule has 0 aromatic heterocycles. The van der Waals surface area contributed by atoms with Gasteiger partial charge in [-0.1, -0.05) is 0 Å². The fourth-order valence-corrected chi connectivity index (χ4v) is 7.44. The summed E-state index contributed by atoms with van der Waals surface area (Å²) in [6, 6.07) is 0. The molecule has 0 N–H and O–H groups in total. The molecular weight excluding hydrogens is 264 g/mol. The van der Waals surface area contributed by atoms with E-state index in [1.54, 1.807) is 32.5 Å². The van der Waals surface area contributed by atoms with Gasteiger partial charge < -0.3 is 0 Å². The van der Waals surface area contributed by atoms with Crippen molar-refractivity contribution in [2.24, 2.45) is 5.92 Å². The number of hydrogen-bond acceptors (Lipinski definition) is 3. The second-order valence-corrected chi connectivity index (χ2v) is 9.63. The van der Waals surface area contributed by atoms with Crippen LogP contribution in [0.1, 0.15) is 39.5 Å². The Kier molecular flexibility index (Phi) is 4.50. The Hall–Kier alpha value is 0.0743. The summed E-state index contributed by atoms with van der Waals surface area (Å²) in [6.07, 6.45) is 5.07. The molecule has 102 valence electrons. The van der Waals surface area contributed by atoms with Crippen molar-refractivity contribution in [1.29, 1.82) is 0 Å². The van der Waals surface area contributed by atoms with E-state index in [1.807, 2.05) is 0 Å². The van der Waals surface area contributed by atoms with Crippen molar-refractivity contribution in [3.8, 4) is 0 Å². The van der Waals surface area contributed by atoms with Crippen molar-refractivity contribution in [3.05, 3.63) is 20.6 Å². The van der Waals surface area contributed by atoms with Gasteiger partial charge in [0.15, 0.2) is 0 Å². The predicted molar refractivity (Wildman–Crippen MR) is 68.4 cm³/mol. The van der Waals surface area contributed by atoms with Crippen molar-refractivity contribution < 1.29 is 27.7 Å². The molecule has 0 bridgehead atoms. The first-order valence-electron chi connectivity index (χ1n) is 6.70. The molecule has 4 heteroatoms. The van der Waals surface area contributed by atoms with E-state index < -0.39 is 17.8 Å². The minimum absolute atomic E-state index is 0.445. The number of hydrogen-bond donors (Lipinski definition) is 0. The molecule has 2 aliphatic carbocycles. The van der Waals surface area contributed by atoms with E-state index in [9.17, 15) is 0 Å². The summed E-state index contributed by atoms with van der Waals surface area (Å²) in [7, 11) is 5.16. The zero-order valence-electron chi connectivity index (χ0n) is 12.1. The third-order valence-corrected chi connectivity index (χ3v) is 9.27. The molecule has 3 nitrogen and oxygen atoms in total. The number of allylic oxidation sites excluding steroid dienone is 4. The molecular formula is C14H24O3Ti. The van der Waals surface area contributed by atoms with Gasteiger partial charge >= 0.3 is 115 Å². The SMILES string of the molecule is C[O][Ti]([O]C)([O]C)[C]1=C(C)C2=C(CCCC2)C1C. The molecule has 18 heavy (non-hydrogen) atoms. The van der Waals surface area contributed by atoms with E-state index in [-0.39, 0.29) is 0 Å². The summed E-state index contributed by atoms with van der Waals surface area (Å²) in [4.78, 5) is 0. The zero-order valence-corrected chi connectivity index (χ0v) is 13.7. The molecule has 0 spiro atoms. The average molecular weight is 288 g/mol. The topological polar surface area (TPSA) is 27.7 Å². The van der Waals surface area contributed by atoms with Gasteiger partial charge in [-0.05, 0) is 0 Å². The molecule has 0 aromatic carbocycles. The van der Waals surface area contributed by atoms with Crippen LogP contribution in [0.15, 0.2) is 20.6 Å². The molecule has 2 rings (SSSR count). The van der Waals surface area contributed by atoms with Gasteiger partial charge in [0.2, 0.25) is 0 Å². The van der Waals surface area contributed by atoms with Crippen LogP contribution in [-0.2, 0) is 27.7 Å². The van der Waals surface area contributed by atoms with Gasteiger partial charge in [0.25, 0.3) is 0 Å². The maximum atomic E-state index is 5.73. The fraction of sp³-hybridized carbons (Fsp3) is 0.714. The zero-order chi connectivity index (χ0) is 13.3. The Morgan fingerprint density at radius 2 is 1.56 bits per heavy atom. The Morgan fingerprint density at radius 1 is 1.00 bits per heavy atom. The summed E-state index contributed by atoms with van der Waals surface area (Å²) in [5.74, 6) is 0.445. The minimum atomic E-state index is -3.23. The maximum absolute atomic E-state index is 5.73. The van der Waals surface area contributed by atoms with Crippen molar-refractivity contribution >= 4 is 0 Å². The molecule has 0 fully saturated rings. The van der Waals surface area contributed by atoms with Crippen LogP contribution in [0, 0.1) is 5.92 Å². The number of rotatable bonds is 4. The average Bonchev–Trinajstić information content (AvgIpc) is 2.67. The molecule has 0 radical (unpaired) electrons. The van der Waals surface area contributed by atoms with Gasteiger partial charge in [-0.15, -0.1) is 0 Å².